The second-order valence-electron chi connectivity index (χ2n) is 2.04. The minimum atomic E-state index is 0.0891. The summed E-state index contributed by atoms with van der Waals surface area (Å²) in [6.45, 7) is 0. The van der Waals surface area contributed by atoms with Crippen molar-refractivity contribution in [2.75, 3.05) is 0 Å². The van der Waals surface area contributed by atoms with Crippen LogP contribution < -0.4 is 0 Å². The molecule has 0 aliphatic rings. The minimum absolute atomic E-state index is 0.0891. The van der Waals surface area contributed by atoms with E-state index in [9.17, 15) is 0 Å². The van der Waals surface area contributed by atoms with Crippen molar-refractivity contribution in [3.8, 4) is 0 Å². The van der Waals surface area contributed by atoms with Crippen LogP contribution in [0.15, 0.2) is 12.5 Å². The van der Waals surface area contributed by atoms with E-state index in [0.717, 1.165) is 0 Å². The maximum absolute atomic E-state index is 5.75. The Labute approximate surface area is 77.6 Å². The molecule has 4 nitrogen and oxygen atoms in total. The fourth-order valence-electron chi connectivity index (χ4n) is 0.811. The van der Waals surface area contributed by atoms with E-state index in [1.807, 2.05) is 0 Å². The van der Waals surface area contributed by atoms with Crippen LogP contribution in [-0.4, -0.2) is 19.9 Å². The summed E-state index contributed by atoms with van der Waals surface area (Å²) in [4.78, 5) is 15.3. The number of nitrogens with zero attached hydrogens (tertiary/aromatic N) is 4. The molecule has 2 rings (SSSR count). The number of halogens is 2. The third-order valence-corrected chi connectivity index (χ3v) is 1.76. The van der Waals surface area contributed by atoms with E-state index in [1.54, 1.807) is 6.20 Å². The summed E-state index contributed by atoms with van der Waals surface area (Å²) in [7, 11) is 0. The first kappa shape index (κ1) is 7.64. The molecule has 0 radical (unpaired) electrons. The van der Waals surface area contributed by atoms with Gasteiger partial charge in [0.05, 0.1) is 5.39 Å². The van der Waals surface area contributed by atoms with Gasteiger partial charge in [-0.25, -0.2) is 15.0 Å². The maximum Gasteiger partial charge on any atom is 0.225 e. The van der Waals surface area contributed by atoms with E-state index in [1.165, 1.54) is 6.33 Å². The second-order valence-corrected chi connectivity index (χ2v) is 2.74. The lowest BCUT2D eigenvalue weighted by Gasteiger charge is -1.96. The van der Waals surface area contributed by atoms with Gasteiger partial charge in [0.15, 0.2) is 5.65 Å². The van der Waals surface area contributed by atoms with Crippen LogP contribution >= 0.6 is 23.2 Å². The van der Waals surface area contributed by atoms with E-state index in [-0.39, 0.29) is 10.4 Å². The van der Waals surface area contributed by atoms with Gasteiger partial charge in [0.2, 0.25) is 5.28 Å². The smallest absolute Gasteiger partial charge is 0.225 e. The van der Waals surface area contributed by atoms with Crippen molar-refractivity contribution < 1.29 is 0 Å². The van der Waals surface area contributed by atoms with Crippen LogP contribution in [0.4, 0.5) is 0 Å². The summed E-state index contributed by atoms with van der Waals surface area (Å²) in [5.74, 6) is 0. The Morgan fingerprint density at radius 2 is 2.00 bits per heavy atom. The van der Waals surface area contributed by atoms with Crippen LogP contribution in [0.25, 0.3) is 11.0 Å². The average Bonchev–Trinajstić information content (AvgIpc) is 2.04. The molecule has 60 valence electrons. The van der Waals surface area contributed by atoms with Gasteiger partial charge in [0, 0.05) is 6.20 Å². The van der Waals surface area contributed by atoms with Crippen LogP contribution in [0, 0.1) is 0 Å². The lowest BCUT2D eigenvalue weighted by molar-refractivity contribution is 1.13. The van der Waals surface area contributed by atoms with E-state index in [2.05, 4.69) is 19.9 Å². The quantitative estimate of drug-likeness (QED) is 0.481. The van der Waals surface area contributed by atoms with Gasteiger partial charge in [-0.15, -0.1) is 0 Å². The van der Waals surface area contributed by atoms with Crippen molar-refractivity contribution in [2.45, 2.75) is 0 Å². The number of hydrogen-bond acceptors (Lipinski definition) is 4. The first-order chi connectivity index (χ1) is 5.77. The van der Waals surface area contributed by atoms with Crippen LogP contribution in [-0.2, 0) is 0 Å². The minimum Gasteiger partial charge on any atom is -0.244 e. The number of hydrogen-bond donors (Lipinski definition) is 0. The lowest BCUT2D eigenvalue weighted by Crippen LogP contribution is -1.89. The third-order valence-electron chi connectivity index (χ3n) is 1.30. The molecule has 0 unspecified atom stereocenters. The van der Waals surface area contributed by atoms with Gasteiger partial charge < -0.3 is 0 Å². The average molecular weight is 201 g/mol. The number of rotatable bonds is 0. The Kier molecular flexibility index (Phi) is 1.78. The molecule has 12 heavy (non-hydrogen) atoms. The van der Waals surface area contributed by atoms with Crippen LogP contribution in [0.1, 0.15) is 0 Å². The number of aromatic nitrogens is 4. The van der Waals surface area contributed by atoms with Crippen molar-refractivity contribution in [1.82, 2.24) is 19.9 Å². The summed E-state index contributed by atoms with van der Waals surface area (Å²) in [5, 5.41) is 0.959. The molecular formula is C6H2Cl2N4. The molecule has 0 spiro atoms. The zero-order valence-corrected chi connectivity index (χ0v) is 7.21. The second kappa shape index (κ2) is 2.80. The first-order valence-corrected chi connectivity index (χ1v) is 3.82. The van der Waals surface area contributed by atoms with Gasteiger partial charge in [-0.05, 0) is 11.6 Å². The molecule has 0 saturated carbocycles. The third kappa shape index (κ3) is 1.19. The van der Waals surface area contributed by atoms with Crippen molar-refractivity contribution in [3.63, 3.8) is 0 Å². The molecule has 0 aliphatic carbocycles. The van der Waals surface area contributed by atoms with Gasteiger partial charge in [-0.1, -0.05) is 11.6 Å². The van der Waals surface area contributed by atoms with Crippen LogP contribution in [0.3, 0.4) is 0 Å². The van der Waals surface area contributed by atoms with Gasteiger partial charge in [0.25, 0.3) is 0 Å². The summed E-state index contributed by atoms with van der Waals surface area (Å²) in [6, 6.07) is 0. The predicted octanol–water partition coefficient (Wildman–Crippen LogP) is 1.73. The maximum atomic E-state index is 5.75. The topological polar surface area (TPSA) is 51.6 Å². The Bertz CT molecular complexity index is 431. The van der Waals surface area contributed by atoms with Crippen molar-refractivity contribution in [1.29, 1.82) is 0 Å². The summed E-state index contributed by atoms with van der Waals surface area (Å²) < 4.78 is 0. The Morgan fingerprint density at radius 1 is 1.17 bits per heavy atom. The highest BCUT2D eigenvalue weighted by Crippen LogP contribution is 2.18. The molecule has 2 aromatic heterocycles. The summed E-state index contributed by atoms with van der Waals surface area (Å²) >= 11 is 11.3. The van der Waals surface area contributed by atoms with E-state index in [0.29, 0.717) is 11.0 Å². The van der Waals surface area contributed by atoms with E-state index < -0.39 is 0 Å². The lowest BCUT2D eigenvalue weighted by atomic mass is 10.4. The van der Waals surface area contributed by atoms with Gasteiger partial charge in [0.1, 0.15) is 11.5 Å². The van der Waals surface area contributed by atoms with E-state index >= 15 is 0 Å². The molecule has 6 heteroatoms. The molecule has 0 fully saturated rings. The largest absolute Gasteiger partial charge is 0.244 e. The highest BCUT2D eigenvalue weighted by Gasteiger charge is 2.03. The summed E-state index contributed by atoms with van der Waals surface area (Å²) in [6.07, 6.45) is 2.92. The van der Waals surface area contributed by atoms with E-state index in [4.69, 9.17) is 23.2 Å². The normalized spacial score (nSPS) is 10.5. The Balaban J connectivity index is 2.89. The molecule has 2 heterocycles. The molecule has 0 amide bonds. The zero-order chi connectivity index (χ0) is 8.55. The van der Waals surface area contributed by atoms with Crippen molar-refractivity contribution in [2.24, 2.45) is 0 Å². The standard InChI is InChI=1S/C6H2Cl2N4/c7-4-3-1-9-2-10-5(3)12-6(8)11-4/h1-2H. The van der Waals surface area contributed by atoms with Crippen molar-refractivity contribution in [3.05, 3.63) is 23.0 Å². The molecule has 0 aliphatic heterocycles. The fourth-order valence-corrected chi connectivity index (χ4v) is 1.23. The highest BCUT2D eigenvalue weighted by molar-refractivity contribution is 6.35. The number of fused-ring (bicyclic) bond motifs is 1. The Hall–Kier alpha value is -1.00. The van der Waals surface area contributed by atoms with Crippen LogP contribution in [0.2, 0.25) is 10.4 Å². The SMILES string of the molecule is Clc1nc(Cl)c2cncnc2n1. The highest BCUT2D eigenvalue weighted by atomic mass is 35.5. The Morgan fingerprint density at radius 3 is 2.83 bits per heavy atom. The van der Waals surface area contributed by atoms with Crippen molar-refractivity contribution >= 4 is 34.2 Å². The van der Waals surface area contributed by atoms with Gasteiger partial charge in [-0.2, -0.15) is 4.98 Å². The monoisotopic (exact) mass is 200 g/mol. The van der Waals surface area contributed by atoms with Gasteiger partial charge in [-0.3, -0.25) is 0 Å². The molecule has 0 bridgehead atoms. The molecule has 0 aromatic carbocycles. The van der Waals surface area contributed by atoms with Gasteiger partial charge >= 0.3 is 0 Å². The first-order valence-electron chi connectivity index (χ1n) is 3.06. The summed E-state index contributed by atoms with van der Waals surface area (Å²) in [5.41, 5.74) is 0.454. The van der Waals surface area contributed by atoms with Crippen LogP contribution in [0.5, 0.6) is 0 Å². The molecule has 0 atom stereocenters. The molecule has 0 saturated heterocycles. The molecular weight excluding hydrogens is 199 g/mol. The predicted molar refractivity (Wildman–Crippen MR) is 45.1 cm³/mol. The molecule has 2 aromatic rings. The molecule has 0 N–H and O–H groups in total. The zero-order valence-electron chi connectivity index (χ0n) is 5.70. The fraction of sp³-hybridized carbons (Fsp3) is 0.